The molecule has 0 aliphatic carbocycles. The lowest BCUT2D eigenvalue weighted by Gasteiger charge is -2.08. The van der Waals surface area contributed by atoms with Crippen molar-refractivity contribution in [3.8, 4) is 6.07 Å². The van der Waals surface area contributed by atoms with E-state index in [-0.39, 0.29) is 0 Å². The lowest BCUT2D eigenvalue weighted by atomic mass is 10.0. The van der Waals surface area contributed by atoms with Gasteiger partial charge in [0.2, 0.25) is 0 Å². The van der Waals surface area contributed by atoms with Crippen LogP contribution in [0, 0.1) is 11.3 Å². The summed E-state index contributed by atoms with van der Waals surface area (Å²) in [5, 5.41) is 8.78. The first-order valence-corrected chi connectivity index (χ1v) is 5.24. The fraction of sp³-hybridized carbons (Fsp3) is 0.273. The number of nitriles is 1. The first-order chi connectivity index (χ1) is 7.13. The van der Waals surface area contributed by atoms with Crippen molar-refractivity contribution < 1.29 is 9.53 Å². The topological polar surface area (TPSA) is 50.1 Å². The van der Waals surface area contributed by atoms with Crippen molar-refractivity contribution in [3.63, 3.8) is 0 Å². The molecule has 0 fully saturated rings. The molecular weight excluding hydrogens is 258 g/mol. The number of benzene rings is 1. The molecule has 78 valence electrons. The van der Waals surface area contributed by atoms with Gasteiger partial charge in [-0.1, -0.05) is 22.9 Å². The van der Waals surface area contributed by atoms with E-state index in [0.29, 0.717) is 17.5 Å². The van der Waals surface area contributed by atoms with Crippen LogP contribution in [0.1, 0.15) is 28.4 Å². The number of nitrogens with zero attached hydrogens (tertiary/aromatic N) is 1. The van der Waals surface area contributed by atoms with Crippen molar-refractivity contribution in [2.75, 3.05) is 7.11 Å². The number of halogens is 1. The molecule has 1 rings (SSSR count). The highest BCUT2D eigenvalue weighted by Gasteiger charge is 2.14. The van der Waals surface area contributed by atoms with Crippen LogP contribution in [0.5, 0.6) is 0 Å². The van der Waals surface area contributed by atoms with Crippen LogP contribution in [0.2, 0.25) is 0 Å². The van der Waals surface area contributed by atoms with Gasteiger partial charge in [-0.15, -0.1) is 0 Å². The average Bonchev–Trinajstić information content (AvgIpc) is 2.26. The first kappa shape index (κ1) is 11.7. The Morgan fingerprint density at radius 2 is 2.27 bits per heavy atom. The monoisotopic (exact) mass is 267 g/mol. The van der Waals surface area contributed by atoms with Gasteiger partial charge in [-0.25, -0.2) is 4.79 Å². The minimum Gasteiger partial charge on any atom is -0.465 e. The van der Waals surface area contributed by atoms with Gasteiger partial charge in [0.25, 0.3) is 0 Å². The summed E-state index contributed by atoms with van der Waals surface area (Å²) in [6, 6.07) is 5.25. The van der Waals surface area contributed by atoms with Crippen LogP contribution in [-0.4, -0.2) is 13.1 Å². The molecule has 0 amide bonds. The molecule has 0 atom stereocenters. The van der Waals surface area contributed by atoms with E-state index in [1.165, 1.54) is 7.11 Å². The summed E-state index contributed by atoms with van der Waals surface area (Å²) in [5.41, 5.74) is 1.76. The quantitative estimate of drug-likeness (QED) is 0.775. The Hall–Kier alpha value is -1.34. The van der Waals surface area contributed by atoms with E-state index in [0.717, 1.165) is 10.0 Å². The molecule has 4 heteroatoms. The van der Waals surface area contributed by atoms with E-state index in [4.69, 9.17) is 5.26 Å². The molecule has 0 N–H and O–H groups in total. The van der Waals surface area contributed by atoms with E-state index in [1.807, 2.05) is 13.0 Å². The minimum atomic E-state index is -0.412. The van der Waals surface area contributed by atoms with Crippen LogP contribution in [0.15, 0.2) is 16.6 Å². The van der Waals surface area contributed by atoms with E-state index in [2.05, 4.69) is 20.7 Å². The molecule has 1 aromatic carbocycles. The summed E-state index contributed by atoms with van der Waals surface area (Å²) in [6.45, 7) is 1.94. The number of methoxy groups -OCH3 is 1. The van der Waals surface area contributed by atoms with Crippen molar-refractivity contribution >= 4 is 21.9 Å². The third-order valence-electron chi connectivity index (χ3n) is 2.08. The molecule has 0 radical (unpaired) electrons. The van der Waals surface area contributed by atoms with Crippen molar-refractivity contribution in [1.29, 1.82) is 5.26 Å². The Kier molecular flexibility index (Phi) is 3.87. The van der Waals surface area contributed by atoms with Gasteiger partial charge in [0.05, 0.1) is 24.3 Å². The summed E-state index contributed by atoms with van der Waals surface area (Å²) < 4.78 is 5.43. The highest BCUT2D eigenvalue weighted by molar-refractivity contribution is 9.10. The number of carbonyl (C=O) groups excluding carboxylic acids is 1. The zero-order valence-electron chi connectivity index (χ0n) is 8.50. The van der Waals surface area contributed by atoms with Crippen molar-refractivity contribution in [2.24, 2.45) is 0 Å². The van der Waals surface area contributed by atoms with Gasteiger partial charge in [0.15, 0.2) is 0 Å². The molecule has 0 saturated heterocycles. The normalized spacial score (nSPS) is 9.47. The summed E-state index contributed by atoms with van der Waals surface area (Å²) in [5.74, 6) is -0.412. The zero-order valence-corrected chi connectivity index (χ0v) is 10.1. The predicted molar refractivity (Wildman–Crippen MR) is 59.6 cm³/mol. The molecule has 15 heavy (non-hydrogen) atoms. The van der Waals surface area contributed by atoms with Gasteiger partial charge in [-0.3, -0.25) is 0 Å². The molecule has 0 bridgehead atoms. The molecule has 0 aliphatic heterocycles. The van der Waals surface area contributed by atoms with Crippen LogP contribution >= 0.6 is 15.9 Å². The maximum Gasteiger partial charge on any atom is 0.338 e. The SMILES string of the molecule is CCc1c(Br)cc(C#N)cc1C(=O)OC. The van der Waals surface area contributed by atoms with Gasteiger partial charge in [-0.2, -0.15) is 5.26 Å². The Labute approximate surface area is 96.8 Å². The van der Waals surface area contributed by atoms with Crippen molar-refractivity contribution in [1.82, 2.24) is 0 Å². The minimum absolute atomic E-state index is 0.412. The smallest absolute Gasteiger partial charge is 0.338 e. The Balaban J connectivity index is 3.40. The summed E-state index contributed by atoms with van der Waals surface area (Å²) in [6.07, 6.45) is 0.705. The van der Waals surface area contributed by atoms with E-state index < -0.39 is 5.97 Å². The number of carbonyl (C=O) groups is 1. The molecule has 0 aromatic heterocycles. The molecule has 1 aromatic rings. The number of hydrogen-bond acceptors (Lipinski definition) is 3. The molecule has 0 spiro atoms. The number of rotatable bonds is 2. The van der Waals surface area contributed by atoms with Crippen molar-refractivity contribution in [2.45, 2.75) is 13.3 Å². The number of ether oxygens (including phenoxy) is 1. The van der Waals surface area contributed by atoms with Crippen LogP contribution in [0.3, 0.4) is 0 Å². The maximum atomic E-state index is 11.5. The van der Waals surface area contributed by atoms with Gasteiger partial charge in [0, 0.05) is 4.47 Å². The fourth-order valence-electron chi connectivity index (χ4n) is 1.35. The van der Waals surface area contributed by atoms with E-state index in [9.17, 15) is 4.79 Å². The highest BCUT2D eigenvalue weighted by Crippen LogP contribution is 2.24. The summed E-state index contributed by atoms with van der Waals surface area (Å²) >= 11 is 3.34. The maximum absolute atomic E-state index is 11.5. The lowest BCUT2D eigenvalue weighted by Crippen LogP contribution is -2.06. The molecule has 0 saturated carbocycles. The van der Waals surface area contributed by atoms with Gasteiger partial charge < -0.3 is 4.74 Å². The molecular formula is C11H10BrNO2. The zero-order chi connectivity index (χ0) is 11.4. The fourth-order valence-corrected chi connectivity index (χ4v) is 2.09. The van der Waals surface area contributed by atoms with Crippen LogP contribution in [0.25, 0.3) is 0 Å². The van der Waals surface area contributed by atoms with Gasteiger partial charge >= 0.3 is 5.97 Å². The second-order valence-corrected chi connectivity index (χ2v) is 3.80. The molecule has 0 unspecified atom stereocenters. The second kappa shape index (κ2) is 4.94. The standard InChI is InChI=1S/C11H10BrNO2/c1-3-8-9(11(14)15-2)4-7(6-13)5-10(8)12/h4-5H,3H2,1-2H3. The Morgan fingerprint density at radius 3 is 2.73 bits per heavy atom. The van der Waals surface area contributed by atoms with Crippen LogP contribution < -0.4 is 0 Å². The third-order valence-corrected chi connectivity index (χ3v) is 2.79. The lowest BCUT2D eigenvalue weighted by molar-refractivity contribution is 0.0599. The second-order valence-electron chi connectivity index (χ2n) is 2.94. The van der Waals surface area contributed by atoms with E-state index in [1.54, 1.807) is 12.1 Å². The number of hydrogen-bond donors (Lipinski definition) is 0. The predicted octanol–water partition coefficient (Wildman–Crippen LogP) is 2.67. The Morgan fingerprint density at radius 1 is 1.60 bits per heavy atom. The average molecular weight is 268 g/mol. The Bertz CT molecular complexity index is 435. The number of esters is 1. The largest absolute Gasteiger partial charge is 0.465 e. The van der Waals surface area contributed by atoms with Crippen molar-refractivity contribution in [3.05, 3.63) is 33.3 Å². The highest BCUT2D eigenvalue weighted by atomic mass is 79.9. The first-order valence-electron chi connectivity index (χ1n) is 4.44. The van der Waals surface area contributed by atoms with E-state index >= 15 is 0 Å². The summed E-state index contributed by atoms with van der Waals surface area (Å²) in [4.78, 5) is 11.5. The van der Waals surface area contributed by atoms with Crippen LogP contribution in [0.4, 0.5) is 0 Å². The van der Waals surface area contributed by atoms with Gasteiger partial charge in [-0.05, 0) is 24.1 Å². The van der Waals surface area contributed by atoms with Crippen LogP contribution in [-0.2, 0) is 11.2 Å². The summed E-state index contributed by atoms with van der Waals surface area (Å²) in [7, 11) is 1.33. The van der Waals surface area contributed by atoms with Gasteiger partial charge in [0.1, 0.15) is 0 Å². The molecule has 3 nitrogen and oxygen atoms in total. The molecule has 0 heterocycles. The third kappa shape index (κ3) is 2.37. The molecule has 0 aliphatic rings.